The maximum absolute atomic E-state index is 13.1. The zero-order valence-electron chi connectivity index (χ0n) is 18.3. The van der Waals surface area contributed by atoms with Crippen molar-refractivity contribution in [2.45, 2.75) is 11.5 Å². The Balaban J connectivity index is 1.76. The molecule has 0 saturated heterocycles. The molecule has 0 bridgehead atoms. The van der Waals surface area contributed by atoms with E-state index >= 15 is 0 Å². The van der Waals surface area contributed by atoms with Crippen molar-refractivity contribution in [3.8, 4) is 17.2 Å². The molecular formula is C22H20BrF2N3O5S2. The largest absolute Gasteiger partial charge is 0.496 e. The molecular weight excluding hydrogens is 568 g/mol. The summed E-state index contributed by atoms with van der Waals surface area (Å²) in [5.41, 5.74) is 1.20. The number of alkyl halides is 2. The predicted octanol–water partition coefficient (Wildman–Crippen LogP) is 5.68. The molecule has 3 N–H and O–H groups in total. The standard InChI is InChI=1S/C22H20BrF2N3O5S2/c1-31-18-9-6-15(11-17(18)23)28-35(29,30)20-12-14(5-10-19(20)32-2)27-22(34)26-13-3-7-16(8-4-13)33-21(24)25/h3-12,21,28H,1-2H3,(H2,26,27,34). The molecule has 3 aromatic rings. The van der Waals surface area contributed by atoms with Gasteiger partial charge in [0, 0.05) is 11.4 Å². The molecule has 0 amide bonds. The molecule has 0 radical (unpaired) electrons. The first-order chi connectivity index (χ1) is 16.6. The average Bonchev–Trinajstić information content (AvgIpc) is 2.80. The van der Waals surface area contributed by atoms with Crippen molar-refractivity contribution in [1.82, 2.24) is 0 Å². The highest BCUT2D eigenvalue weighted by atomic mass is 79.9. The van der Waals surface area contributed by atoms with Gasteiger partial charge in [-0.15, -0.1) is 0 Å². The molecule has 13 heteroatoms. The van der Waals surface area contributed by atoms with Crippen molar-refractivity contribution < 1.29 is 31.4 Å². The predicted molar refractivity (Wildman–Crippen MR) is 137 cm³/mol. The summed E-state index contributed by atoms with van der Waals surface area (Å²) in [6.07, 6.45) is 0. The summed E-state index contributed by atoms with van der Waals surface area (Å²) in [6, 6.07) is 14.9. The first-order valence-corrected chi connectivity index (χ1v) is 12.5. The Morgan fingerprint density at radius 1 is 0.886 bits per heavy atom. The summed E-state index contributed by atoms with van der Waals surface area (Å²) in [5.74, 6) is 0.684. The third-order valence-corrected chi connectivity index (χ3v) is 6.68. The Hall–Kier alpha value is -3.16. The molecule has 0 aromatic heterocycles. The van der Waals surface area contributed by atoms with Crippen LogP contribution < -0.4 is 29.6 Å². The quantitative estimate of drug-likeness (QED) is 0.275. The summed E-state index contributed by atoms with van der Waals surface area (Å²) in [6.45, 7) is -2.92. The minimum atomic E-state index is -4.04. The van der Waals surface area contributed by atoms with Crippen LogP contribution in [0.15, 0.2) is 70.0 Å². The molecule has 35 heavy (non-hydrogen) atoms. The van der Waals surface area contributed by atoms with Crippen LogP contribution in [0.3, 0.4) is 0 Å². The van der Waals surface area contributed by atoms with E-state index in [0.717, 1.165) is 0 Å². The molecule has 0 aliphatic heterocycles. The Kier molecular flexibility index (Phi) is 8.70. The van der Waals surface area contributed by atoms with E-state index in [-0.39, 0.29) is 21.5 Å². The fourth-order valence-corrected chi connectivity index (χ4v) is 4.94. The second-order valence-electron chi connectivity index (χ2n) is 6.80. The van der Waals surface area contributed by atoms with Crippen LogP contribution in [0.5, 0.6) is 17.2 Å². The minimum Gasteiger partial charge on any atom is -0.496 e. The number of nitrogens with one attached hydrogen (secondary N) is 3. The lowest BCUT2D eigenvalue weighted by Gasteiger charge is -2.15. The van der Waals surface area contributed by atoms with Gasteiger partial charge in [0.15, 0.2) is 5.11 Å². The van der Waals surface area contributed by atoms with Gasteiger partial charge in [0.1, 0.15) is 22.1 Å². The molecule has 3 aromatic carbocycles. The summed E-state index contributed by atoms with van der Waals surface area (Å²) < 4.78 is 68.6. The molecule has 3 rings (SSSR count). The number of ether oxygens (including phenoxy) is 3. The Labute approximate surface area is 214 Å². The van der Waals surface area contributed by atoms with E-state index in [1.165, 1.54) is 50.6 Å². The second kappa shape index (κ2) is 11.5. The first kappa shape index (κ1) is 26.4. The molecule has 8 nitrogen and oxygen atoms in total. The Morgan fingerprint density at radius 2 is 1.46 bits per heavy atom. The number of sulfonamides is 1. The van der Waals surface area contributed by atoms with E-state index in [2.05, 4.69) is 36.0 Å². The van der Waals surface area contributed by atoms with Gasteiger partial charge in [-0.1, -0.05) is 0 Å². The van der Waals surface area contributed by atoms with Crippen LogP contribution in [0.2, 0.25) is 0 Å². The SMILES string of the molecule is COc1ccc(NS(=O)(=O)c2cc(NC(=S)Nc3ccc(OC(F)F)cc3)ccc2OC)cc1Br. The van der Waals surface area contributed by atoms with Gasteiger partial charge in [-0.25, -0.2) is 8.42 Å². The van der Waals surface area contributed by atoms with Crippen LogP contribution >= 0.6 is 28.1 Å². The highest BCUT2D eigenvalue weighted by Crippen LogP contribution is 2.32. The fraction of sp³-hybridized carbons (Fsp3) is 0.136. The fourth-order valence-electron chi connectivity index (χ4n) is 2.92. The smallest absolute Gasteiger partial charge is 0.387 e. The first-order valence-electron chi connectivity index (χ1n) is 9.78. The van der Waals surface area contributed by atoms with Crippen LogP contribution in [0, 0.1) is 0 Å². The van der Waals surface area contributed by atoms with Gasteiger partial charge in [0.25, 0.3) is 10.0 Å². The lowest BCUT2D eigenvalue weighted by molar-refractivity contribution is -0.0498. The van der Waals surface area contributed by atoms with E-state index in [4.69, 9.17) is 21.7 Å². The van der Waals surface area contributed by atoms with Crippen LogP contribution in [-0.4, -0.2) is 34.4 Å². The zero-order chi connectivity index (χ0) is 25.6. The average molecular weight is 588 g/mol. The van der Waals surface area contributed by atoms with Gasteiger partial charge in [0.2, 0.25) is 0 Å². The minimum absolute atomic E-state index is 0.00539. The summed E-state index contributed by atoms with van der Waals surface area (Å²) in [7, 11) is -1.18. The maximum Gasteiger partial charge on any atom is 0.387 e. The van der Waals surface area contributed by atoms with Crippen molar-refractivity contribution in [2.24, 2.45) is 0 Å². The molecule has 186 valence electrons. The van der Waals surface area contributed by atoms with Gasteiger partial charge < -0.3 is 24.8 Å². The monoisotopic (exact) mass is 587 g/mol. The number of anilines is 3. The third-order valence-electron chi connectivity index (χ3n) is 4.45. The van der Waals surface area contributed by atoms with Crippen LogP contribution in [-0.2, 0) is 10.0 Å². The number of benzene rings is 3. The zero-order valence-corrected chi connectivity index (χ0v) is 21.6. The number of methoxy groups -OCH3 is 2. The molecule has 0 saturated carbocycles. The summed E-state index contributed by atoms with van der Waals surface area (Å²) >= 11 is 8.60. The lowest BCUT2D eigenvalue weighted by atomic mass is 10.3. The van der Waals surface area contributed by atoms with Crippen LogP contribution in [0.25, 0.3) is 0 Å². The normalized spacial score (nSPS) is 11.0. The molecule has 0 aliphatic rings. The second-order valence-corrected chi connectivity index (χ2v) is 9.72. The van der Waals surface area contributed by atoms with Gasteiger partial charge in [0.05, 0.1) is 24.4 Å². The van der Waals surface area contributed by atoms with Gasteiger partial charge >= 0.3 is 6.61 Å². The van der Waals surface area contributed by atoms with Crippen LogP contribution in [0.1, 0.15) is 0 Å². The van der Waals surface area contributed by atoms with Crippen molar-refractivity contribution in [3.05, 3.63) is 65.1 Å². The van der Waals surface area contributed by atoms with Gasteiger partial charge in [-0.3, -0.25) is 4.72 Å². The van der Waals surface area contributed by atoms with Gasteiger partial charge in [-0.05, 0) is 88.8 Å². The topological polar surface area (TPSA) is 97.9 Å². The molecule has 0 fully saturated rings. The Morgan fingerprint density at radius 3 is 2.06 bits per heavy atom. The van der Waals surface area contributed by atoms with Crippen molar-refractivity contribution in [2.75, 3.05) is 29.6 Å². The van der Waals surface area contributed by atoms with Crippen molar-refractivity contribution in [3.63, 3.8) is 0 Å². The van der Waals surface area contributed by atoms with Crippen molar-refractivity contribution in [1.29, 1.82) is 0 Å². The number of thiocarbonyl (C=S) groups is 1. The highest BCUT2D eigenvalue weighted by molar-refractivity contribution is 9.10. The molecule has 0 unspecified atom stereocenters. The van der Waals surface area contributed by atoms with E-state index < -0.39 is 16.6 Å². The van der Waals surface area contributed by atoms with E-state index in [1.807, 2.05) is 0 Å². The number of hydrogen-bond donors (Lipinski definition) is 3. The van der Waals surface area contributed by atoms with E-state index in [0.29, 0.717) is 27.3 Å². The van der Waals surface area contributed by atoms with E-state index in [1.54, 1.807) is 24.3 Å². The van der Waals surface area contributed by atoms with Gasteiger partial charge in [-0.2, -0.15) is 8.78 Å². The Bertz CT molecular complexity index is 1310. The third kappa shape index (κ3) is 7.16. The summed E-state index contributed by atoms with van der Waals surface area (Å²) in [5, 5.41) is 5.91. The van der Waals surface area contributed by atoms with Crippen LogP contribution in [0.4, 0.5) is 25.8 Å². The van der Waals surface area contributed by atoms with E-state index in [9.17, 15) is 17.2 Å². The molecule has 0 spiro atoms. The highest BCUT2D eigenvalue weighted by Gasteiger charge is 2.21. The molecule has 0 aliphatic carbocycles. The summed E-state index contributed by atoms with van der Waals surface area (Å²) in [4.78, 5) is -0.117. The van der Waals surface area contributed by atoms with Crippen molar-refractivity contribution >= 4 is 60.3 Å². The molecule has 0 heterocycles. The molecule has 0 atom stereocenters. The maximum atomic E-state index is 13.1. The number of hydrogen-bond acceptors (Lipinski definition) is 6. The number of halogens is 3. The number of rotatable bonds is 9. The lowest BCUT2D eigenvalue weighted by Crippen LogP contribution is -2.20.